The fourth-order valence-corrected chi connectivity index (χ4v) is 3.59. The van der Waals surface area contributed by atoms with E-state index in [9.17, 15) is 0 Å². The van der Waals surface area contributed by atoms with Crippen LogP contribution in [0.2, 0.25) is 5.02 Å². The Hall–Kier alpha value is -0.380. The number of benzene rings is 1. The van der Waals surface area contributed by atoms with Crippen LogP contribution >= 0.6 is 35.0 Å². The molecular formula is C15H20Cl2N2S. The van der Waals surface area contributed by atoms with Crippen LogP contribution in [0.15, 0.2) is 18.2 Å². The molecule has 2 rings (SSSR count). The maximum Gasteiger partial charge on any atom is 0.128 e. The van der Waals surface area contributed by atoms with Crippen molar-refractivity contribution in [2.45, 2.75) is 38.6 Å². The molecule has 5 heteroatoms. The van der Waals surface area contributed by atoms with E-state index in [0.29, 0.717) is 6.04 Å². The maximum atomic E-state index is 6.38. The van der Waals surface area contributed by atoms with E-state index in [2.05, 4.69) is 23.4 Å². The van der Waals surface area contributed by atoms with Gasteiger partial charge in [-0.25, -0.2) is 4.98 Å². The Labute approximate surface area is 134 Å². The number of halogens is 2. The number of hydrogen-bond donors (Lipinski definition) is 0. The minimum Gasteiger partial charge on any atom is -0.323 e. The first-order valence-electron chi connectivity index (χ1n) is 6.94. The first-order valence-corrected chi connectivity index (χ1v) is 8.91. The van der Waals surface area contributed by atoms with Crippen molar-refractivity contribution in [2.75, 3.05) is 11.5 Å². The van der Waals surface area contributed by atoms with Crippen LogP contribution in [0.3, 0.4) is 0 Å². The SMILES string of the molecule is CCSCCC(C)n1c(C(C)Cl)nc2cccc(Cl)c21. The molecule has 1 aromatic carbocycles. The van der Waals surface area contributed by atoms with Crippen molar-refractivity contribution in [1.29, 1.82) is 0 Å². The van der Waals surface area contributed by atoms with Crippen molar-refractivity contribution in [3.05, 3.63) is 29.0 Å². The van der Waals surface area contributed by atoms with Gasteiger partial charge < -0.3 is 4.57 Å². The normalized spacial score (nSPS) is 14.7. The molecule has 0 N–H and O–H groups in total. The Morgan fingerprint density at radius 3 is 2.75 bits per heavy atom. The molecule has 2 atom stereocenters. The number of imidazole rings is 1. The van der Waals surface area contributed by atoms with Gasteiger partial charge in [-0.3, -0.25) is 0 Å². The molecule has 1 heterocycles. The lowest BCUT2D eigenvalue weighted by molar-refractivity contribution is 0.526. The van der Waals surface area contributed by atoms with Crippen molar-refractivity contribution < 1.29 is 0 Å². The summed E-state index contributed by atoms with van der Waals surface area (Å²) >= 11 is 14.6. The van der Waals surface area contributed by atoms with Crippen LogP contribution in [-0.4, -0.2) is 21.1 Å². The third-order valence-electron chi connectivity index (χ3n) is 3.37. The van der Waals surface area contributed by atoms with Gasteiger partial charge in [-0.05, 0) is 43.9 Å². The fraction of sp³-hybridized carbons (Fsp3) is 0.533. The van der Waals surface area contributed by atoms with E-state index < -0.39 is 0 Å². The Bertz CT molecular complexity index is 581. The summed E-state index contributed by atoms with van der Waals surface area (Å²) in [7, 11) is 0. The van der Waals surface area contributed by atoms with Crippen LogP contribution in [0.1, 0.15) is 44.4 Å². The minimum atomic E-state index is -0.125. The van der Waals surface area contributed by atoms with Crippen molar-refractivity contribution in [3.8, 4) is 0 Å². The predicted octanol–water partition coefficient (Wildman–Crippen LogP) is 5.69. The second-order valence-corrected chi connectivity index (χ2v) is 7.35. The molecular weight excluding hydrogens is 311 g/mol. The van der Waals surface area contributed by atoms with Gasteiger partial charge in [0.1, 0.15) is 5.82 Å². The van der Waals surface area contributed by atoms with Crippen LogP contribution in [0.5, 0.6) is 0 Å². The molecule has 0 aliphatic heterocycles. The van der Waals surface area contributed by atoms with Crippen LogP contribution in [0.25, 0.3) is 11.0 Å². The molecule has 0 saturated heterocycles. The van der Waals surface area contributed by atoms with Crippen molar-refractivity contribution in [2.24, 2.45) is 0 Å². The van der Waals surface area contributed by atoms with E-state index in [-0.39, 0.29) is 5.38 Å². The van der Waals surface area contributed by atoms with E-state index in [0.717, 1.165) is 39.8 Å². The summed E-state index contributed by atoms with van der Waals surface area (Å²) in [6, 6.07) is 6.18. The van der Waals surface area contributed by atoms with Crippen molar-refractivity contribution in [1.82, 2.24) is 9.55 Å². The van der Waals surface area contributed by atoms with Gasteiger partial charge in [0, 0.05) is 6.04 Å². The number of aromatic nitrogens is 2. The summed E-state index contributed by atoms with van der Waals surface area (Å²) in [6.07, 6.45) is 1.09. The lowest BCUT2D eigenvalue weighted by Crippen LogP contribution is -2.11. The number of fused-ring (bicyclic) bond motifs is 1. The lowest BCUT2D eigenvalue weighted by atomic mass is 10.2. The topological polar surface area (TPSA) is 17.8 Å². The Morgan fingerprint density at radius 2 is 2.10 bits per heavy atom. The Balaban J connectivity index is 2.45. The summed E-state index contributed by atoms with van der Waals surface area (Å²) < 4.78 is 2.21. The van der Waals surface area contributed by atoms with Crippen molar-refractivity contribution >= 4 is 46.0 Å². The zero-order chi connectivity index (χ0) is 14.7. The van der Waals surface area contributed by atoms with Gasteiger partial charge in [0.05, 0.1) is 21.4 Å². The van der Waals surface area contributed by atoms with Crippen LogP contribution in [-0.2, 0) is 0 Å². The van der Waals surface area contributed by atoms with Crippen LogP contribution in [0.4, 0.5) is 0 Å². The predicted molar refractivity (Wildman–Crippen MR) is 91.3 cm³/mol. The summed E-state index contributed by atoms with van der Waals surface area (Å²) in [5, 5.41) is 0.619. The van der Waals surface area contributed by atoms with E-state index in [1.54, 1.807) is 0 Å². The molecule has 0 bridgehead atoms. The molecule has 0 aliphatic carbocycles. The van der Waals surface area contributed by atoms with Crippen LogP contribution in [0, 0.1) is 0 Å². The molecule has 0 amide bonds. The van der Waals surface area contributed by atoms with Gasteiger partial charge in [0.25, 0.3) is 0 Å². The number of nitrogens with zero attached hydrogens (tertiary/aromatic N) is 2. The Kier molecular flexibility index (Phi) is 5.65. The van der Waals surface area contributed by atoms with Crippen LogP contribution < -0.4 is 0 Å². The molecule has 0 saturated carbocycles. The summed E-state index contributed by atoms with van der Waals surface area (Å²) in [5.41, 5.74) is 1.93. The second-order valence-electron chi connectivity index (χ2n) is 4.90. The second kappa shape index (κ2) is 7.06. The van der Waals surface area contributed by atoms with Crippen molar-refractivity contribution in [3.63, 3.8) is 0 Å². The highest BCUT2D eigenvalue weighted by Crippen LogP contribution is 2.33. The molecule has 2 unspecified atom stereocenters. The fourth-order valence-electron chi connectivity index (χ4n) is 2.38. The zero-order valence-corrected chi connectivity index (χ0v) is 14.4. The highest BCUT2D eigenvalue weighted by Gasteiger charge is 2.20. The van der Waals surface area contributed by atoms with E-state index >= 15 is 0 Å². The number of thioether (sulfide) groups is 1. The third-order valence-corrected chi connectivity index (χ3v) is 4.80. The molecule has 0 radical (unpaired) electrons. The first-order chi connectivity index (χ1) is 9.56. The molecule has 20 heavy (non-hydrogen) atoms. The quantitative estimate of drug-likeness (QED) is 0.499. The van der Waals surface area contributed by atoms with Gasteiger partial charge in [-0.1, -0.05) is 24.6 Å². The first kappa shape index (κ1) is 16.0. The molecule has 0 fully saturated rings. The molecule has 2 nitrogen and oxygen atoms in total. The van der Waals surface area contributed by atoms with Gasteiger partial charge in [-0.2, -0.15) is 11.8 Å². The van der Waals surface area contributed by atoms with E-state index in [4.69, 9.17) is 23.2 Å². The lowest BCUT2D eigenvalue weighted by Gasteiger charge is -2.19. The monoisotopic (exact) mass is 330 g/mol. The highest BCUT2D eigenvalue weighted by atomic mass is 35.5. The number of rotatable bonds is 6. The molecule has 0 aliphatic rings. The van der Waals surface area contributed by atoms with Gasteiger partial charge in [0.15, 0.2) is 0 Å². The largest absolute Gasteiger partial charge is 0.323 e. The van der Waals surface area contributed by atoms with Gasteiger partial charge in [-0.15, -0.1) is 11.6 Å². The Morgan fingerprint density at radius 1 is 1.35 bits per heavy atom. The van der Waals surface area contributed by atoms with Gasteiger partial charge >= 0.3 is 0 Å². The summed E-state index contributed by atoms with van der Waals surface area (Å²) in [4.78, 5) is 4.66. The number of hydrogen-bond acceptors (Lipinski definition) is 2. The van der Waals surface area contributed by atoms with E-state index in [1.807, 2.05) is 36.9 Å². The molecule has 2 aromatic rings. The summed E-state index contributed by atoms with van der Waals surface area (Å²) in [6.45, 7) is 6.36. The number of para-hydroxylation sites is 1. The molecule has 0 spiro atoms. The average molecular weight is 331 g/mol. The highest BCUT2D eigenvalue weighted by molar-refractivity contribution is 7.99. The maximum absolute atomic E-state index is 6.38. The summed E-state index contributed by atoms with van der Waals surface area (Å²) in [5.74, 6) is 3.19. The van der Waals surface area contributed by atoms with E-state index in [1.165, 1.54) is 0 Å². The minimum absolute atomic E-state index is 0.125. The third kappa shape index (κ3) is 3.26. The standard InChI is InChI=1S/C15H20Cl2N2S/c1-4-20-9-8-10(2)19-14-12(17)6-5-7-13(14)18-15(19)11(3)16/h5-7,10-11H,4,8-9H2,1-3H3. The smallest absolute Gasteiger partial charge is 0.128 e. The molecule has 1 aromatic heterocycles. The zero-order valence-electron chi connectivity index (χ0n) is 12.1. The molecule has 110 valence electrons. The number of alkyl halides is 1. The average Bonchev–Trinajstić information content (AvgIpc) is 2.80. The van der Waals surface area contributed by atoms with Gasteiger partial charge in [0.2, 0.25) is 0 Å².